The predicted octanol–water partition coefficient (Wildman–Crippen LogP) is 2.04. The van der Waals surface area contributed by atoms with Crippen molar-refractivity contribution in [3.8, 4) is 0 Å². The molecule has 5 heteroatoms. The first-order valence-corrected chi connectivity index (χ1v) is 5.16. The van der Waals surface area contributed by atoms with Crippen LogP contribution >= 0.6 is 12.4 Å². The van der Waals surface area contributed by atoms with Gasteiger partial charge in [0.15, 0.2) is 0 Å². The monoisotopic (exact) mass is 231 g/mol. The third kappa shape index (κ3) is 3.18. The van der Waals surface area contributed by atoms with Crippen molar-refractivity contribution in [2.75, 3.05) is 0 Å². The molecule has 2 rings (SSSR count). The second kappa shape index (κ2) is 4.49. The highest BCUT2D eigenvalue weighted by molar-refractivity contribution is 5.85. The maximum atomic E-state index is 5.87. The average Bonchev–Trinajstić information content (AvgIpc) is 2.28. The molecule has 1 aromatic heterocycles. The number of halogens is 1. The standard InChI is InChI=1S/C10H17N3O.ClH/c1-10(2,11)6-8-12-13-9(14-8)7-4-3-5-7;/h7H,3-6,11H2,1-2H3;1H. The molecule has 1 aliphatic rings. The number of nitrogens with two attached hydrogens (primary N) is 1. The summed E-state index contributed by atoms with van der Waals surface area (Å²) >= 11 is 0. The van der Waals surface area contributed by atoms with Crippen LogP contribution in [-0.4, -0.2) is 15.7 Å². The lowest BCUT2D eigenvalue weighted by molar-refractivity contribution is 0.316. The van der Waals surface area contributed by atoms with Gasteiger partial charge in [0.25, 0.3) is 0 Å². The van der Waals surface area contributed by atoms with E-state index in [0.29, 0.717) is 18.2 Å². The largest absolute Gasteiger partial charge is 0.425 e. The summed E-state index contributed by atoms with van der Waals surface area (Å²) in [5.74, 6) is 1.98. The maximum absolute atomic E-state index is 5.87. The molecule has 0 radical (unpaired) electrons. The number of hydrogen-bond acceptors (Lipinski definition) is 4. The quantitative estimate of drug-likeness (QED) is 0.865. The molecule has 0 saturated heterocycles. The average molecular weight is 232 g/mol. The summed E-state index contributed by atoms with van der Waals surface area (Å²) in [6.07, 6.45) is 4.30. The second-order valence-electron chi connectivity index (χ2n) is 4.83. The topological polar surface area (TPSA) is 64.9 Å². The zero-order chi connectivity index (χ0) is 10.2. The lowest BCUT2D eigenvalue weighted by atomic mass is 9.85. The summed E-state index contributed by atoms with van der Waals surface area (Å²) in [6.45, 7) is 3.92. The molecule has 0 unspecified atom stereocenters. The minimum atomic E-state index is -0.274. The van der Waals surface area contributed by atoms with Crippen molar-refractivity contribution in [1.29, 1.82) is 0 Å². The highest BCUT2D eigenvalue weighted by Gasteiger charge is 2.26. The molecule has 0 aromatic carbocycles. The molecule has 1 saturated carbocycles. The van der Waals surface area contributed by atoms with Gasteiger partial charge in [-0.2, -0.15) is 0 Å². The fraction of sp³-hybridized carbons (Fsp3) is 0.800. The molecule has 1 heterocycles. The van der Waals surface area contributed by atoms with E-state index in [1.165, 1.54) is 19.3 Å². The van der Waals surface area contributed by atoms with E-state index in [2.05, 4.69) is 10.2 Å². The number of hydrogen-bond donors (Lipinski definition) is 1. The van der Waals surface area contributed by atoms with Crippen LogP contribution in [0, 0.1) is 0 Å². The Hall–Kier alpha value is -0.610. The zero-order valence-corrected chi connectivity index (χ0v) is 10.0. The Balaban J connectivity index is 0.00000112. The van der Waals surface area contributed by atoms with E-state index < -0.39 is 0 Å². The van der Waals surface area contributed by atoms with Gasteiger partial charge >= 0.3 is 0 Å². The number of nitrogens with zero attached hydrogens (tertiary/aromatic N) is 2. The third-order valence-electron chi connectivity index (χ3n) is 2.54. The second-order valence-corrected chi connectivity index (χ2v) is 4.83. The minimum Gasteiger partial charge on any atom is -0.425 e. The van der Waals surface area contributed by atoms with Crippen LogP contribution in [0.3, 0.4) is 0 Å². The maximum Gasteiger partial charge on any atom is 0.219 e. The predicted molar refractivity (Wildman–Crippen MR) is 60.1 cm³/mol. The molecule has 0 spiro atoms. The highest BCUT2D eigenvalue weighted by atomic mass is 35.5. The van der Waals surface area contributed by atoms with Crippen LogP contribution in [0.4, 0.5) is 0 Å². The minimum absolute atomic E-state index is 0. The fourth-order valence-electron chi connectivity index (χ4n) is 1.55. The lowest BCUT2D eigenvalue weighted by Gasteiger charge is -2.21. The summed E-state index contributed by atoms with van der Waals surface area (Å²) in [4.78, 5) is 0. The Morgan fingerprint density at radius 2 is 2.07 bits per heavy atom. The van der Waals surface area contributed by atoms with Crippen molar-refractivity contribution in [3.63, 3.8) is 0 Å². The van der Waals surface area contributed by atoms with Crippen LogP contribution in [0.5, 0.6) is 0 Å². The van der Waals surface area contributed by atoms with Crippen molar-refractivity contribution >= 4 is 12.4 Å². The Morgan fingerprint density at radius 3 is 2.53 bits per heavy atom. The molecule has 4 nitrogen and oxygen atoms in total. The normalized spacial score (nSPS) is 17.0. The van der Waals surface area contributed by atoms with Crippen molar-refractivity contribution in [1.82, 2.24) is 10.2 Å². The Morgan fingerprint density at radius 1 is 1.40 bits per heavy atom. The van der Waals surface area contributed by atoms with Crippen molar-refractivity contribution in [3.05, 3.63) is 11.8 Å². The van der Waals surface area contributed by atoms with Gasteiger partial charge in [0.1, 0.15) is 0 Å². The molecule has 0 aliphatic heterocycles. The molecule has 1 aromatic rings. The van der Waals surface area contributed by atoms with Gasteiger partial charge in [-0.05, 0) is 26.7 Å². The van der Waals surface area contributed by atoms with Crippen LogP contribution < -0.4 is 5.73 Å². The molecule has 0 atom stereocenters. The van der Waals surface area contributed by atoms with Gasteiger partial charge in [0.05, 0.1) is 0 Å². The first-order valence-electron chi connectivity index (χ1n) is 5.16. The molecule has 0 bridgehead atoms. The van der Waals surface area contributed by atoms with Crippen LogP contribution in [0.2, 0.25) is 0 Å². The van der Waals surface area contributed by atoms with Gasteiger partial charge in [0.2, 0.25) is 11.8 Å². The van der Waals surface area contributed by atoms with E-state index in [-0.39, 0.29) is 17.9 Å². The molecular formula is C10H18ClN3O. The summed E-state index contributed by atoms with van der Waals surface area (Å²) in [7, 11) is 0. The molecule has 2 N–H and O–H groups in total. The van der Waals surface area contributed by atoms with E-state index >= 15 is 0 Å². The molecule has 1 aliphatic carbocycles. The van der Waals surface area contributed by atoms with E-state index in [1.54, 1.807) is 0 Å². The SMILES string of the molecule is CC(C)(N)Cc1nnc(C2CCC2)o1.Cl. The molecular weight excluding hydrogens is 214 g/mol. The smallest absolute Gasteiger partial charge is 0.219 e. The van der Waals surface area contributed by atoms with Gasteiger partial charge in [-0.3, -0.25) is 0 Å². The van der Waals surface area contributed by atoms with E-state index in [1.807, 2.05) is 13.8 Å². The van der Waals surface area contributed by atoms with Crippen LogP contribution in [0.1, 0.15) is 50.8 Å². The van der Waals surface area contributed by atoms with Gasteiger partial charge in [-0.25, -0.2) is 0 Å². The Bertz CT molecular complexity index is 315. The summed E-state index contributed by atoms with van der Waals surface area (Å²) in [5.41, 5.74) is 5.60. The summed E-state index contributed by atoms with van der Waals surface area (Å²) in [6, 6.07) is 0. The van der Waals surface area contributed by atoms with Gasteiger partial charge in [-0.15, -0.1) is 22.6 Å². The van der Waals surface area contributed by atoms with Crippen LogP contribution in [0.25, 0.3) is 0 Å². The zero-order valence-electron chi connectivity index (χ0n) is 9.19. The lowest BCUT2D eigenvalue weighted by Crippen LogP contribution is -2.34. The van der Waals surface area contributed by atoms with Gasteiger partial charge in [-0.1, -0.05) is 6.42 Å². The fourth-order valence-corrected chi connectivity index (χ4v) is 1.55. The van der Waals surface area contributed by atoms with E-state index in [9.17, 15) is 0 Å². The van der Waals surface area contributed by atoms with E-state index in [4.69, 9.17) is 10.2 Å². The van der Waals surface area contributed by atoms with Crippen LogP contribution in [0.15, 0.2) is 4.42 Å². The Labute approximate surface area is 96.0 Å². The van der Waals surface area contributed by atoms with Crippen molar-refractivity contribution in [2.24, 2.45) is 5.73 Å². The van der Waals surface area contributed by atoms with E-state index in [0.717, 1.165) is 5.89 Å². The molecule has 0 amide bonds. The number of rotatable bonds is 3. The molecule has 86 valence electrons. The summed E-state index contributed by atoms with van der Waals surface area (Å²) < 4.78 is 5.56. The van der Waals surface area contributed by atoms with Gasteiger partial charge in [0, 0.05) is 17.9 Å². The molecule has 1 fully saturated rings. The summed E-state index contributed by atoms with van der Waals surface area (Å²) in [5, 5.41) is 8.06. The van der Waals surface area contributed by atoms with Crippen molar-refractivity contribution < 1.29 is 4.42 Å². The first-order chi connectivity index (χ1) is 6.54. The van der Waals surface area contributed by atoms with Gasteiger partial charge < -0.3 is 10.2 Å². The highest BCUT2D eigenvalue weighted by Crippen LogP contribution is 2.35. The Kier molecular flexibility index (Phi) is 3.73. The van der Waals surface area contributed by atoms with Crippen molar-refractivity contribution in [2.45, 2.75) is 51.0 Å². The first kappa shape index (κ1) is 12.5. The third-order valence-corrected chi connectivity index (χ3v) is 2.54. The number of aromatic nitrogens is 2. The van der Waals surface area contributed by atoms with Crippen LogP contribution in [-0.2, 0) is 6.42 Å². The molecule has 15 heavy (non-hydrogen) atoms.